The minimum Gasteiger partial charge on any atom is -0.387 e. The van der Waals surface area contributed by atoms with Crippen LogP contribution in [0, 0.1) is 5.92 Å². The van der Waals surface area contributed by atoms with Gasteiger partial charge in [0.1, 0.15) is 0 Å². The van der Waals surface area contributed by atoms with E-state index in [2.05, 4.69) is 15.5 Å². The summed E-state index contributed by atoms with van der Waals surface area (Å²) in [7, 11) is 1.86. The summed E-state index contributed by atoms with van der Waals surface area (Å²) in [5, 5.41) is 22.3. The summed E-state index contributed by atoms with van der Waals surface area (Å²) in [5.74, 6) is 0.554. The van der Waals surface area contributed by atoms with Crippen molar-refractivity contribution in [2.45, 2.75) is 43.9 Å². The van der Waals surface area contributed by atoms with Crippen molar-refractivity contribution >= 4 is 5.91 Å². The lowest BCUT2D eigenvalue weighted by atomic mass is 9.96. The molecule has 1 heterocycles. The third-order valence-electron chi connectivity index (χ3n) is 6.51. The standard InChI is InChI=1S/C25H32N4O2/c1-29(17-23-21-8-5-9-22(21)27-28-23)25(31)20-12-10-18(11-13-20)14-15-26-16-24(30)19-6-3-2-4-7-19/h2-4,6-7,10-13,21-24,26,30H,5,8-9,14-17H2,1H3. The number of rotatable bonds is 9. The molecule has 1 aliphatic heterocycles. The number of carbonyl (C=O) groups is 1. The van der Waals surface area contributed by atoms with E-state index < -0.39 is 6.10 Å². The van der Waals surface area contributed by atoms with Crippen molar-refractivity contribution in [3.05, 3.63) is 71.3 Å². The SMILES string of the molecule is CN(CC1N=NC2CCCC21)C(=O)c1ccc(CCNCC(O)c2ccccc2)cc1. The van der Waals surface area contributed by atoms with E-state index >= 15 is 0 Å². The molecule has 2 aliphatic rings. The first kappa shape index (κ1) is 21.7. The van der Waals surface area contributed by atoms with Gasteiger partial charge < -0.3 is 15.3 Å². The van der Waals surface area contributed by atoms with Crippen LogP contribution in [0.25, 0.3) is 0 Å². The maximum atomic E-state index is 12.8. The van der Waals surface area contributed by atoms with Crippen molar-refractivity contribution in [1.82, 2.24) is 10.2 Å². The Morgan fingerprint density at radius 3 is 2.68 bits per heavy atom. The maximum absolute atomic E-state index is 12.8. The molecule has 0 bridgehead atoms. The smallest absolute Gasteiger partial charge is 0.253 e. The molecule has 1 saturated carbocycles. The van der Waals surface area contributed by atoms with E-state index in [4.69, 9.17) is 0 Å². The van der Waals surface area contributed by atoms with Gasteiger partial charge in [0.05, 0.1) is 18.2 Å². The summed E-state index contributed by atoms with van der Waals surface area (Å²) in [6.07, 6.45) is 3.89. The van der Waals surface area contributed by atoms with E-state index in [1.807, 2.05) is 61.6 Å². The monoisotopic (exact) mass is 420 g/mol. The third kappa shape index (κ3) is 5.38. The number of nitrogens with one attached hydrogen (secondary N) is 1. The number of amides is 1. The van der Waals surface area contributed by atoms with E-state index in [0.29, 0.717) is 30.6 Å². The lowest BCUT2D eigenvalue weighted by Crippen LogP contribution is -2.36. The molecule has 4 unspecified atom stereocenters. The van der Waals surface area contributed by atoms with Gasteiger partial charge >= 0.3 is 0 Å². The lowest BCUT2D eigenvalue weighted by Gasteiger charge is -2.23. The van der Waals surface area contributed by atoms with Crippen LogP contribution in [0.2, 0.25) is 0 Å². The second-order valence-corrected chi connectivity index (χ2v) is 8.72. The molecule has 6 nitrogen and oxygen atoms in total. The first-order chi connectivity index (χ1) is 15.1. The first-order valence-corrected chi connectivity index (χ1v) is 11.3. The fraction of sp³-hybridized carbons (Fsp3) is 0.480. The summed E-state index contributed by atoms with van der Waals surface area (Å²) < 4.78 is 0. The number of fused-ring (bicyclic) bond motifs is 1. The summed E-state index contributed by atoms with van der Waals surface area (Å²) in [5.41, 5.74) is 2.79. The highest BCUT2D eigenvalue weighted by molar-refractivity contribution is 5.94. The Balaban J connectivity index is 1.21. The average molecular weight is 421 g/mol. The van der Waals surface area contributed by atoms with Crippen molar-refractivity contribution in [2.24, 2.45) is 16.1 Å². The van der Waals surface area contributed by atoms with E-state index in [-0.39, 0.29) is 11.9 Å². The molecule has 1 amide bonds. The van der Waals surface area contributed by atoms with E-state index in [1.54, 1.807) is 4.90 Å². The van der Waals surface area contributed by atoms with Crippen LogP contribution < -0.4 is 5.32 Å². The Morgan fingerprint density at radius 1 is 1.13 bits per heavy atom. The molecule has 164 valence electrons. The normalized spacial score (nSPS) is 23.0. The van der Waals surface area contributed by atoms with Crippen LogP contribution in [-0.2, 0) is 6.42 Å². The third-order valence-corrected chi connectivity index (χ3v) is 6.51. The van der Waals surface area contributed by atoms with E-state index in [0.717, 1.165) is 24.9 Å². The summed E-state index contributed by atoms with van der Waals surface area (Å²) in [6.45, 7) is 1.93. The van der Waals surface area contributed by atoms with Crippen LogP contribution in [0.15, 0.2) is 64.8 Å². The van der Waals surface area contributed by atoms with Gasteiger partial charge in [-0.25, -0.2) is 0 Å². The van der Waals surface area contributed by atoms with Gasteiger partial charge in [-0.3, -0.25) is 4.79 Å². The fourth-order valence-electron chi connectivity index (χ4n) is 4.65. The molecule has 2 aromatic carbocycles. The molecule has 4 rings (SSSR count). The van der Waals surface area contributed by atoms with Gasteiger partial charge in [0, 0.05) is 31.6 Å². The molecule has 2 N–H and O–H groups in total. The van der Waals surface area contributed by atoms with Gasteiger partial charge in [-0.2, -0.15) is 10.2 Å². The Hall–Kier alpha value is -2.57. The maximum Gasteiger partial charge on any atom is 0.253 e. The number of hydrogen-bond donors (Lipinski definition) is 2. The molecule has 4 atom stereocenters. The van der Waals surface area contributed by atoms with Crippen LogP contribution in [0.1, 0.15) is 46.9 Å². The Kier molecular flexibility index (Phi) is 7.10. The first-order valence-electron chi connectivity index (χ1n) is 11.3. The highest BCUT2D eigenvalue weighted by atomic mass is 16.3. The quantitative estimate of drug-likeness (QED) is 0.608. The van der Waals surface area contributed by atoms with Crippen LogP contribution in [0.3, 0.4) is 0 Å². The largest absolute Gasteiger partial charge is 0.387 e. The fourth-order valence-corrected chi connectivity index (χ4v) is 4.65. The van der Waals surface area contributed by atoms with Gasteiger partial charge in [0.25, 0.3) is 5.91 Å². The minimum absolute atomic E-state index is 0.0345. The number of azo groups is 1. The summed E-state index contributed by atoms with van der Waals surface area (Å²) >= 11 is 0. The molecule has 2 aromatic rings. The van der Waals surface area contributed by atoms with Crippen molar-refractivity contribution in [1.29, 1.82) is 0 Å². The van der Waals surface area contributed by atoms with E-state index in [1.165, 1.54) is 18.4 Å². The molecule has 0 saturated heterocycles. The highest BCUT2D eigenvalue weighted by Crippen LogP contribution is 2.37. The van der Waals surface area contributed by atoms with Gasteiger partial charge in [0.2, 0.25) is 0 Å². The molecule has 1 aliphatic carbocycles. The number of aliphatic hydroxyl groups excluding tert-OH is 1. The summed E-state index contributed by atoms with van der Waals surface area (Å²) in [4.78, 5) is 14.6. The second-order valence-electron chi connectivity index (χ2n) is 8.72. The number of benzene rings is 2. The topological polar surface area (TPSA) is 77.3 Å². The van der Waals surface area contributed by atoms with Gasteiger partial charge in [-0.05, 0) is 49.1 Å². The zero-order valence-corrected chi connectivity index (χ0v) is 18.2. The average Bonchev–Trinajstić information content (AvgIpc) is 3.42. The Bertz CT molecular complexity index is 884. The van der Waals surface area contributed by atoms with Crippen LogP contribution in [-0.4, -0.2) is 54.7 Å². The number of carbonyl (C=O) groups excluding carboxylic acids is 1. The zero-order chi connectivity index (χ0) is 21.6. The van der Waals surface area contributed by atoms with Crippen molar-refractivity contribution < 1.29 is 9.90 Å². The molecular weight excluding hydrogens is 388 g/mol. The van der Waals surface area contributed by atoms with Crippen molar-refractivity contribution in [2.75, 3.05) is 26.7 Å². The molecule has 0 radical (unpaired) electrons. The van der Waals surface area contributed by atoms with Gasteiger partial charge in [0.15, 0.2) is 0 Å². The molecular formula is C25H32N4O2. The molecule has 0 aromatic heterocycles. The van der Waals surface area contributed by atoms with Gasteiger partial charge in [-0.1, -0.05) is 48.9 Å². The number of aliphatic hydroxyl groups is 1. The molecule has 31 heavy (non-hydrogen) atoms. The van der Waals surface area contributed by atoms with E-state index in [9.17, 15) is 9.90 Å². The Morgan fingerprint density at radius 2 is 1.90 bits per heavy atom. The van der Waals surface area contributed by atoms with Crippen LogP contribution in [0.5, 0.6) is 0 Å². The number of likely N-dealkylation sites (N-methyl/N-ethyl adjacent to an activating group) is 1. The predicted octanol–water partition coefficient (Wildman–Crippen LogP) is 3.63. The molecule has 0 spiro atoms. The zero-order valence-electron chi connectivity index (χ0n) is 18.2. The number of hydrogen-bond acceptors (Lipinski definition) is 5. The second kappa shape index (κ2) is 10.2. The molecule has 1 fully saturated rings. The summed E-state index contributed by atoms with van der Waals surface area (Å²) in [6, 6.07) is 18.0. The lowest BCUT2D eigenvalue weighted by molar-refractivity contribution is 0.0780. The highest BCUT2D eigenvalue weighted by Gasteiger charge is 2.39. The van der Waals surface area contributed by atoms with Crippen LogP contribution >= 0.6 is 0 Å². The number of nitrogens with zero attached hydrogens (tertiary/aromatic N) is 3. The van der Waals surface area contributed by atoms with Gasteiger partial charge in [-0.15, -0.1) is 0 Å². The van der Waals surface area contributed by atoms with Crippen molar-refractivity contribution in [3.8, 4) is 0 Å². The molecule has 6 heteroatoms. The minimum atomic E-state index is -0.504. The van der Waals surface area contributed by atoms with Crippen molar-refractivity contribution in [3.63, 3.8) is 0 Å². The Labute approximate surface area is 184 Å². The van der Waals surface area contributed by atoms with Crippen LogP contribution in [0.4, 0.5) is 0 Å². The predicted molar refractivity (Wildman–Crippen MR) is 121 cm³/mol.